The van der Waals surface area contributed by atoms with Gasteiger partial charge in [0.25, 0.3) is 0 Å². The van der Waals surface area contributed by atoms with Crippen molar-refractivity contribution in [2.45, 2.75) is 71.1 Å². The van der Waals surface area contributed by atoms with Gasteiger partial charge in [0.15, 0.2) is 0 Å². The first-order valence-electron chi connectivity index (χ1n) is 8.36. The highest BCUT2D eigenvalue weighted by molar-refractivity contribution is 5.56. The molecule has 0 radical (unpaired) electrons. The monoisotopic (exact) mass is 271 g/mol. The normalized spacial score (nSPS) is 32.9. The van der Waals surface area contributed by atoms with Gasteiger partial charge in [-0.2, -0.15) is 0 Å². The van der Waals surface area contributed by atoms with E-state index in [1.807, 2.05) is 0 Å². The third kappa shape index (κ3) is 1.98. The van der Waals surface area contributed by atoms with Crippen molar-refractivity contribution in [1.29, 1.82) is 0 Å². The third-order valence-electron chi connectivity index (χ3n) is 6.13. The Morgan fingerprint density at radius 3 is 2.70 bits per heavy atom. The van der Waals surface area contributed by atoms with Crippen LogP contribution in [0.1, 0.15) is 76.0 Å². The van der Waals surface area contributed by atoms with E-state index in [4.69, 9.17) is 5.73 Å². The minimum atomic E-state index is 0.370. The van der Waals surface area contributed by atoms with E-state index in [0.29, 0.717) is 11.3 Å². The first kappa shape index (κ1) is 14.0. The Morgan fingerprint density at radius 1 is 1.25 bits per heavy atom. The van der Waals surface area contributed by atoms with E-state index in [1.165, 1.54) is 37.7 Å². The van der Waals surface area contributed by atoms with Gasteiger partial charge >= 0.3 is 0 Å². The van der Waals surface area contributed by atoms with E-state index in [-0.39, 0.29) is 0 Å². The molecule has 2 aliphatic rings. The fraction of sp³-hybridized carbons (Fsp3) is 0.684. The van der Waals surface area contributed by atoms with Crippen LogP contribution in [0, 0.1) is 11.8 Å². The lowest BCUT2D eigenvalue weighted by molar-refractivity contribution is 0.118. The summed E-state index contributed by atoms with van der Waals surface area (Å²) in [5, 5.41) is 0. The molecular formula is C19H29N. The van der Waals surface area contributed by atoms with Crippen LogP contribution in [0.15, 0.2) is 12.1 Å². The fourth-order valence-electron chi connectivity index (χ4n) is 4.97. The molecule has 2 aliphatic carbocycles. The van der Waals surface area contributed by atoms with Crippen LogP contribution >= 0.6 is 0 Å². The minimum absolute atomic E-state index is 0.370. The highest BCUT2D eigenvalue weighted by Crippen LogP contribution is 2.52. The third-order valence-corrected chi connectivity index (χ3v) is 6.13. The molecule has 20 heavy (non-hydrogen) atoms. The number of hydrogen-bond acceptors (Lipinski definition) is 1. The molecule has 0 saturated heterocycles. The predicted molar refractivity (Wildman–Crippen MR) is 87.1 cm³/mol. The zero-order valence-electron chi connectivity index (χ0n) is 13.5. The molecule has 1 nitrogen and oxygen atoms in total. The van der Waals surface area contributed by atoms with Crippen molar-refractivity contribution in [3.63, 3.8) is 0 Å². The Labute approximate surface area is 124 Å². The molecule has 3 unspecified atom stereocenters. The van der Waals surface area contributed by atoms with Crippen LogP contribution in [0.5, 0.6) is 0 Å². The molecule has 2 N–H and O–H groups in total. The zero-order valence-corrected chi connectivity index (χ0v) is 13.5. The lowest BCUT2D eigenvalue weighted by Crippen LogP contribution is -2.43. The van der Waals surface area contributed by atoms with Crippen molar-refractivity contribution in [3.05, 3.63) is 28.8 Å². The molecule has 0 spiro atoms. The van der Waals surface area contributed by atoms with Gasteiger partial charge in [-0.1, -0.05) is 46.6 Å². The Kier molecular flexibility index (Phi) is 3.35. The minimum Gasteiger partial charge on any atom is -0.398 e. The van der Waals surface area contributed by atoms with Gasteiger partial charge in [0.1, 0.15) is 0 Å². The summed E-state index contributed by atoms with van der Waals surface area (Å²) in [7, 11) is 0. The fourth-order valence-corrected chi connectivity index (χ4v) is 4.97. The van der Waals surface area contributed by atoms with Gasteiger partial charge in [-0.15, -0.1) is 0 Å². The summed E-state index contributed by atoms with van der Waals surface area (Å²) >= 11 is 0. The second kappa shape index (κ2) is 4.79. The molecule has 1 aromatic carbocycles. The number of hydrogen-bond donors (Lipinski definition) is 1. The van der Waals surface area contributed by atoms with Gasteiger partial charge in [0, 0.05) is 5.69 Å². The Morgan fingerprint density at radius 2 is 2.00 bits per heavy atom. The molecule has 0 amide bonds. The molecule has 0 aliphatic heterocycles. The second-order valence-corrected chi connectivity index (χ2v) is 7.73. The molecule has 1 heteroatoms. The molecule has 0 heterocycles. The number of anilines is 1. The van der Waals surface area contributed by atoms with Crippen molar-refractivity contribution in [2.24, 2.45) is 11.8 Å². The van der Waals surface area contributed by atoms with E-state index >= 15 is 0 Å². The summed E-state index contributed by atoms with van der Waals surface area (Å²) < 4.78 is 0. The molecule has 0 aromatic heterocycles. The van der Waals surface area contributed by atoms with E-state index in [0.717, 1.165) is 17.5 Å². The number of nitrogens with two attached hydrogens (primary N) is 1. The van der Waals surface area contributed by atoms with Crippen LogP contribution in [0.2, 0.25) is 0 Å². The SMILES string of the molecule is CC(C)c1cc2c(cc1N)C1(C)CCCC(C)C1CC2. The lowest BCUT2D eigenvalue weighted by atomic mass is 9.55. The average molecular weight is 271 g/mol. The first-order valence-corrected chi connectivity index (χ1v) is 8.36. The van der Waals surface area contributed by atoms with E-state index < -0.39 is 0 Å². The topological polar surface area (TPSA) is 26.0 Å². The Bertz CT molecular complexity index is 517. The Balaban J connectivity index is 2.10. The van der Waals surface area contributed by atoms with Crippen LogP contribution in [-0.4, -0.2) is 0 Å². The molecule has 3 atom stereocenters. The van der Waals surface area contributed by atoms with Crippen LogP contribution in [0.4, 0.5) is 5.69 Å². The highest BCUT2D eigenvalue weighted by Gasteiger charge is 2.44. The molecular weight excluding hydrogens is 242 g/mol. The summed E-state index contributed by atoms with van der Waals surface area (Å²) in [5.74, 6) is 2.25. The molecule has 0 bridgehead atoms. The van der Waals surface area contributed by atoms with E-state index in [1.54, 1.807) is 11.1 Å². The maximum Gasteiger partial charge on any atom is 0.0352 e. The van der Waals surface area contributed by atoms with Crippen LogP contribution in [0.3, 0.4) is 0 Å². The molecule has 3 rings (SSSR count). The van der Waals surface area contributed by atoms with E-state index in [2.05, 4.69) is 39.8 Å². The number of benzene rings is 1. The highest BCUT2D eigenvalue weighted by atomic mass is 14.6. The summed E-state index contributed by atoms with van der Waals surface area (Å²) in [6, 6.07) is 4.74. The van der Waals surface area contributed by atoms with Gasteiger partial charge in [-0.25, -0.2) is 0 Å². The van der Waals surface area contributed by atoms with Crippen LogP contribution in [0.25, 0.3) is 0 Å². The van der Waals surface area contributed by atoms with Crippen molar-refractivity contribution in [3.8, 4) is 0 Å². The maximum atomic E-state index is 6.36. The predicted octanol–water partition coefficient (Wildman–Crippen LogP) is 5.03. The van der Waals surface area contributed by atoms with Gasteiger partial charge in [-0.05, 0) is 65.2 Å². The van der Waals surface area contributed by atoms with Gasteiger partial charge in [-0.3, -0.25) is 0 Å². The van der Waals surface area contributed by atoms with Gasteiger partial charge in [0.2, 0.25) is 0 Å². The average Bonchev–Trinajstić information content (AvgIpc) is 2.38. The number of fused-ring (bicyclic) bond motifs is 3. The van der Waals surface area contributed by atoms with Gasteiger partial charge < -0.3 is 5.73 Å². The zero-order chi connectivity index (χ0) is 14.5. The van der Waals surface area contributed by atoms with Crippen LogP contribution in [-0.2, 0) is 11.8 Å². The lowest BCUT2D eigenvalue weighted by Gasteiger charge is -2.50. The number of aryl methyl sites for hydroxylation is 1. The van der Waals surface area contributed by atoms with Crippen LogP contribution < -0.4 is 5.73 Å². The van der Waals surface area contributed by atoms with Gasteiger partial charge in [0.05, 0.1) is 0 Å². The first-order chi connectivity index (χ1) is 9.43. The quantitative estimate of drug-likeness (QED) is 0.712. The van der Waals surface area contributed by atoms with Crippen molar-refractivity contribution >= 4 is 5.69 Å². The summed E-state index contributed by atoms with van der Waals surface area (Å²) in [6.45, 7) is 9.45. The standard InChI is InChI=1S/C19H29N/c1-12(2)15-10-14-7-8-16-13(3)6-5-9-19(16,4)17(14)11-18(15)20/h10-13,16H,5-9,20H2,1-4H3. The largest absolute Gasteiger partial charge is 0.398 e. The molecule has 110 valence electrons. The van der Waals surface area contributed by atoms with Crippen molar-refractivity contribution in [2.75, 3.05) is 5.73 Å². The molecule has 1 fully saturated rings. The molecule has 1 saturated carbocycles. The Hall–Kier alpha value is -0.980. The second-order valence-electron chi connectivity index (χ2n) is 7.73. The number of rotatable bonds is 1. The van der Waals surface area contributed by atoms with Crippen molar-refractivity contribution in [1.82, 2.24) is 0 Å². The summed E-state index contributed by atoms with van der Waals surface area (Å²) in [6.07, 6.45) is 6.75. The number of nitrogen functional groups attached to an aromatic ring is 1. The maximum absolute atomic E-state index is 6.36. The van der Waals surface area contributed by atoms with Crippen molar-refractivity contribution < 1.29 is 0 Å². The van der Waals surface area contributed by atoms with E-state index in [9.17, 15) is 0 Å². The summed E-state index contributed by atoms with van der Waals surface area (Å²) in [4.78, 5) is 0. The smallest absolute Gasteiger partial charge is 0.0352 e. The summed E-state index contributed by atoms with van der Waals surface area (Å²) in [5.41, 5.74) is 12.2. The molecule has 1 aromatic rings.